The highest BCUT2D eigenvalue weighted by Crippen LogP contribution is 2.29. The van der Waals surface area contributed by atoms with Crippen LogP contribution in [0.15, 0.2) is 0 Å². The molecular formula is C16H31N3. The second kappa shape index (κ2) is 6.11. The van der Waals surface area contributed by atoms with E-state index in [9.17, 15) is 0 Å². The lowest BCUT2D eigenvalue weighted by atomic mass is 9.92. The minimum Gasteiger partial charge on any atom is -0.312 e. The van der Waals surface area contributed by atoms with Gasteiger partial charge in [-0.1, -0.05) is 6.42 Å². The number of hydrogen-bond acceptors (Lipinski definition) is 3. The first-order valence-electron chi connectivity index (χ1n) is 8.49. The maximum absolute atomic E-state index is 3.76. The van der Waals surface area contributed by atoms with Crippen LogP contribution in [-0.2, 0) is 0 Å². The molecule has 3 rings (SSSR count). The van der Waals surface area contributed by atoms with E-state index in [4.69, 9.17) is 0 Å². The summed E-state index contributed by atoms with van der Waals surface area (Å²) >= 11 is 0. The summed E-state index contributed by atoms with van der Waals surface area (Å²) < 4.78 is 0. The van der Waals surface area contributed by atoms with Crippen LogP contribution >= 0.6 is 0 Å². The van der Waals surface area contributed by atoms with Crippen LogP contribution in [0.2, 0.25) is 0 Å². The van der Waals surface area contributed by atoms with Crippen molar-refractivity contribution in [2.75, 3.05) is 26.2 Å². The Morgan fingerprint density at radius 3 is 2.58 bits per heavy atom. The van der Waals surface area contributed by atoms with Crippen molar-refractivity contribution in [3.05, 3.63) is 0 Å². The maximum atomic E-state index is 3.76. The molecule has 0 spiro atoms. The molecule has 0 amide bonds. The lowest BCUT2D eigenvalue weighted by molar-refractivity contribution is 0.0737. The number of nitrogens with one attached hydrogen (secondary N) is 1. The van der Waals surface area contributed by atoms with E-state index in [0.29, 0.717) is 0 Å². The minimum atomic E-state index is 0.720. The topological polar surface area (TPSA) is 18.5 Å². The molecule has 3 heteroatoms. The number of piperidine rings is 1. The highest BCUT2D eigenvalue weighted by atomic mass is 15.3. The standard InChI is InChI=1S/C16H31N3/c1-13(2)18-11-8-14(12-18)19-10-4-3-7-16(19)15-6-5-9-17-15/h13-17H,3-12H2,1-2H3. The maximum Gasteiger partial charge on any atom is 0.0252 e. The van der Waals surface area contributed by atoms with E-state index >= 15 is 0 Å². The fourth-order valence-electron chi connectivity index (χ4n) is 4.41. The summed E-state index contributed by atoms with van der Waals surface area (Å²) in [5.74, 6) is 0. The van der Waals surface area contributed by atoms with Gasteiger partial charge in [0, 0.05) is 37.3 Å². The highest BCUT2D eigenvalue weighted by Gasteiger charge is 2.38. The predicted molar refractivity (Wildman–Crippen MR) is 80.5 cm³/mol. The summed E-state index contributed by atoms with van der Waals surface area (Å²) in [7, 11) is 0. The summed E-state index contributed by atoms with van der Waals surface area (Å²) in [4.78, 5) is 5.55. The zero-order valence-electron chi connectivity index (χ0n) is 12.8. The summed E-state index contributed by atoms with van der Waals surface area (Å²) in [6, 6.07) is 3.16. The van der Waals surface area contributed by atoms with E-state index in [1.165, 1.54) is 64.7 Å². The Hall–Kier alpha value is -0.120. The summed E-state index contributed by atoms with van der Waals surface area (Å²) in [6.07, 6.45) is 8.47. The predicted octanol–water partition coefficient (Wildman–Crippen LogP) is 2.08. The molecule has 3 unspecified atom stereocenters. The van der Waals surface area contributed by atoms with Crippen molar-refractivity contribution in [1.29, 1.82) is 0 Å². The molecular weight excluding hydrogens is 234 g/mol. The van der Waals surface area contributed by atoms with Crippen LogP contribution in [0.3, 0.4) is 0 Å². The Bertz CT molecular complexity index is 286. The van der Waals surface area contributed by atoms with Crippen molar-refractivity contribution in [3.63, 3.8) is 0 Å². The number of rotatable bonds is 3. The minimum absolute atomic E-state index is 0.720. The monoisotopic (exact) mass is 265 g/mol. The van der Waals surface area contributed by atoms with Crippen LogP contribution in [-0.4, -0.2) is 60.1 Å². The number of nitrogens with zero attached hydrogens (tertiary/aromatic N) is 2. The van der Waals surface area contributed by atoms with Crippen molar-refractivity contribution in [2.45, 2.75) is 76.5 Å². The Balaban J connectivity index is 1.63. The molecule has 3 aliphatic rings. The molecule has 3 saturated heterocycles. The molecule has 110 valence electrons. The molecule has 0 radical (unpaired) electrons. The van der Waals surface area contributed by atoms with Gasteiger partial charge in [-0.05, 0) is 59.0 Å². The Labute approximate surface area is 118 Å². The van der Waals surface area contributed by atoms with Crippen LogP contribution in [0.1, 0.15) is 52.4 Å². The van der Waals surface area contributed by atoms with Crippen LogP contribution in [0.4, 0.5) is 0 Å². The van der Waals surface area contributed by atoms with Crippen LogP contribution in [0, 0.1) is 0 Å². The van der Waals surface area contributed by atoms with Gasteiger partial charge in [0.2, 0.25) is 0 Å². The Morgan fingerprint density at radius 2 is 1.89 bits per heavy atom. The van der Waals surface area contributed by atoms with Crippen LogP contribution < -0.4 is 5.32 Å². The van der Waals surface area contributed by atoms with Gasteiger partial charge in [-0.3, -0.25) is 9.80 Å². The average molecular weight is 265 g/mol. The summed E-state index contributed by atoms with van der Waals surface area (Å²) in [6.45, 7) is 9.89. The SMILES string of the molecule is CC(C)N1CCC(N2CCCCC2C2CCCN2)C1. The van der Waals surface area contributed by atoms with E-state index in [-0.39, 0.29) is 0 Å². The van der Waals surface area contributed by atoms with Gasteiger partial charge in [0.15, 0.2) is 0 Å². The smallest absolute Gasteiger partial charge is 0.0252 e. The van der Waals surface area contributed by atoms with Crippen LogP contribution in [0.5, 0.6) is 0 Å². The van der Waals surface area contributed by atoms with Crippen LogP contribution in [0.25, 0.3) is 0 Å². The van der Waals surface area contributed by atoms with Gasteiger partial charge < -0.3 is 5.32 Å². The molecule has 3 nitrogen and oxygen atoms in total. The first-order chi connectivity index (χ1) is 9.25. The average Bonchev–Trinajstić information content (AvgIpc) is 3.10. The molecule has 0 aliphatic carbocycles. The Kier molecular flexibility index (Phi) is 4.45. The van der Waals surface area contributed by atoms with E-state index < -0.39 is 0 Å². The number of likely N-dealkylation sites (tertiary alicyclic amines) is 2. The van der Waals surface area contributed by atoms with Crippen molar-refractivity contribution < 1.29 is 0 Å². The van der Waals surface area contributed by atoms with E-state index in [0.717, 1.165) is 24.2 Å². The fraction of sp³-hybridized carbons (Fsp3) is 1.00. The second-order valence-electron chi connectivity index (χ2n) is 7.03. The van der Waals surface area contributed by atoms with E-state index in [1.54, 1.807) is 0 Å². The third kappa shape index (κ3) is 2.98. The first kappa shape index (κ1) is 13.8. The molecule has 0 bridgehead atoms. The third-order valence-electron chi connectivity index (χ3n) is 5.55. The molecule has 3 atom stereocenters. The third-order valence-corrected chi connectivity index (χ3v) is 5.55. The molecule has 0 aromatic rings. The molecule has 3 aliphatic heterocycles. The van der Waals surface area contributed by atoms with Gasteiger partial charge in [-0.2, -0.15) is 0 Å². The summed E-state index contributed by atoms with van der Waals surface area (Å²) in [5.41, 5.74) is 0. The van der Waals surface area contributed by atoms with Crippen molar-refractivity contribution in [3.8, 4) is 0 Å². The quantitative estimate of drug-likeness (QED) is 0.843. The molecule has 0 saturated carbocycles. The van der Waals surface area contributed by atoms with Gasteiger partial charge in [0.1, 0.15) is 0 Å². The largest absolute Gasteiger partial charge is 0.312 e. The Morgan fingerprint density at radius 1 is 1.00 bits per heavy atom. The van der Waals surface area contributed by atoms with Gasteiger partial charge in [0.25, 0.3) is 0 Å². The van der Waals surface area contributed by atoms with Crippen molar-refractivity contribution >= 4 is 0 Å². The molecule has 3 heterocycles. The molecule has 0 aromatic heterocycles. The molecule has 19 heavy (non-hydrogen) atoms. The van der Waals surface area contributed by atoms with E-state index in [1.807, 2.05) is 0 Å². The van der Waals surface area contributed by atoms with Gasteiger partial charge >= 0.3 is 0 Å². The van der Waals surface area contributed by atoms with Gasteiger partial charge in [-0.25, -0.2) is 0 Å². The molecule has 0 aromatic carbocycles. The highest BCUT2D eigenvalue weighted by molar-refractivity contribution is 4.96. The fourth-order valence-corrected chi connectivity index (χ4v) is 4.41. The van der Waals surface area contributed by atoms with E-state index in [2.05, 4.69) is 29.0 Å². The van der Waals surface area contributed by atoms with Gasteiger partial charge in [0.05, 0.1) is 0 Å². The normalized spacial score (nSPS) is 38.4. The summed E-state index contributed by atoms with van der Waals surface area (Å²) in [5, 5.41) is 3.76. The zero-order chi connectivity index (χ0) is 13.2. The molecule has 1 N–H and O–H groups in total. The lowest BCUT2D eigenvalue weighted by Gasteiger charge is -2.43. The van der Waals surface area contributed by atoms with Gasteiger partial charge in [-0.15, -0.1) is 0 Å². The lowest BCUT2D eigenvalue weighted by Crippen LogP contribution is -2.54. The second-order valence-corrected chi connectivity index (χ2v) is 7.03. The van der Waals surface area contributed by atoms with Crippen molar-refractivity contribution in [1.82, 2.24) is 15.1 Å². The zero-order valence-corrected chi connectivity index (χ0v) is 12.8. The first-order valence-corrected chi connectivity index (χ1v) is 8.49. The molecule has 3 fully saturated rings. The number of hydrogen-bond donors (Lipinski definition) is 1. The van der Waals surface area contributed by atoms with Crippen molar-refractivity contribution in [2.24, 2.45) is 0 Å².